The number of rotatable bonds is 0. The Hall–Kier alpha value is -0.520. The van der Waals surface area contributed by atoms with Gasteiger partial charge in [0.15, 0.2) is 0 Å². The standard InChI is InChI=1S/C9H12.C2H6/c1-9-6-2-4-8(9)5-3-7-9;1-2/h2-3,6-8H,4-5H2,1H3;1-2H3. The molecule has 0 atom stereocenters. The summed E-state index contributed by atoms with van der Waals surface area (Å²) in [7, 11) is 0. The Morgan fingerprint density at radius 1 is 1.09 bits per heavy atom. The zero-order valence-corrected chi connectivity index (χ0v) is 7.80. The van der Waals surface area contributed by atoms with Gasteiger partial charge in [0.2, 0.25) is 0 Å². The monoisotopic (exact) mass is 150 g/mol. The van der Waals surface area contributed by atoms with Crippen molar-refractivity contribution >= 4 is 0 Å². The zero-order valence-electron chi connectivity index (χ0n) is 7.80. The second-order valence-corrected chi connectivity index (χ2v) is 3.34. The Labute approximate surface area is 70.0 Å². The summed E-state index contributed by atoms with van der Waals surface area (Å²) in [4.78, 5) is 0. The summed E-state index contributed by atoms with van der Waals surface area (Å²) in [6, 6.07) is 0. The van der Waals surface area contributed by atoms with Gasteiger partial charge >= 0.3 is 0 Å². The predicted molar refractivity (Wildman–Crippen MR) is 50.5 cm³/mol. The largest absolute Gasteiger partial charge is 0.0873 e. The van der Waals surface area contributed by atoms with Crippen molar-refractivity contribution in [2.45, 2.75) is 33.6 Å². The molecule has 0 unspecified atom stereocenters. The van der Waals surface area contributed by atoms with E-state index in [0.29, 0.717) is 5.41 Å². The normalized spacial score (nSPS) is 38.3. The topological polar surface area (TPSA) is 0 Å². The van der Waals surface area contributed by atoms with E-state index < -0.39 is 0 Å². The van der Waals surface area contributed by atoms with Crippen LogP contribution in [0.25, 0.3) is 0 Å². The summed E-state index contributed by atoms with van der Waals surface area (Å²) >= 11 is 0. The van der Waals surface area contributed by atoms with Crippen molar-refractivity contribution in [3.8, 4) is 0 Å². The highest BCUT2D eigenvalue weighted by atomic mass is 14.4. The molecule has 0 fully saturated rings. The fourth-order valence-electron chi connectivity index (χ4n) is 1.90. The maximum atomic E-state index is 2.35. The van der Waals surface area contributed by atoms with Gasteiger partial charge in [0.1, 0.15) is 0 Å². The van der Waals surface area contributed by atoms with Crippen LogP contribution in [0.2, 0.25) is 0 Å². The van der Waals surface area contributed by atoms with E-state index in [1.807, 2.05) is 13.8 Å². The van der Waals surface area contributed by atoms with Crippen molar-refractivity contribution in [3.05, 3.63) is 24.3 Å². The van der Waals surface area contributed by atoms with E-state index in [1.165, 1.54) is 12.8 Å². The van der Waals surface area contributed by atoms with E-state index in [1.54, 1.807) is 0 Å². The van der Waals surface area contributed by atoms with Crippen molar-refractivity contribution in [1.82, 2.24) is 0 Å². The number of hydrogen-bond acceptors (Lipinski definition) is 0. The van der Waals surface area contributed by atoms with Crippen molar-refractivity contribution in [3.63, 3.8) is 0 Å². The zero-order chi connectivity index (χ0) is 8.32. The molecule has 0 spiro atoms. The molecule has 0 heterocycles. The minimum absolute atomic E-state index is 0.444. The molecule has 0 nitrogen and oxygen atoms in total. The summed E-state index contributed by atoms with van der Waals surface area (Å²) in [5.41, 5.74) is 0.444. The molecule has 0 heteroatoms. The highest BCUT2D eigenvalue weighted by molar-refractivity contribution is 5.23. The summed E-state index contributed by atoms with van der Waals surface area (Å²) < 4.78 is 0. The van der Waals surface area contributed by atoms with Crippen LogP contribution >= 0.6 is 0 Å². The van der Waals surface area contributed by atoms with Gasteiger partial charge in [0.25, 0.3) is 0 Å². The minimum atomic E-state index is 0.444. The van der Waals surface area contributed by atoms with Crippen molar-refractivity contribution in [1.29, 1.82) is 0 Å². The Bertz CT molecular complexity index is 158. The van der Waals surface area contributed by atoms with Crippen LogP contribution in [0.15, 0.2) is 24.3 Å². The Morgan fingerprint density at radius 2 is 1.55 bits per heavy atom. The van der Waals surface area contributed by atoms with Gasteiger partial charge in [-0.05, 0) is 18.8 Å². The van der Waals surface area contributed by atoms with Crippen molar-refractivity contribution in [2.24, 2.45) is 11.3 Å². The van der Waals surface area contributed by atoms with Crippen LogP contribution in [-0.2, 0) is 0 Å². The van der Waals surface area contributed by atoms with Crippen LogP contribution < -0.4 is 0 Å². The lowest BCUT2D eigenvalue weighted by molar-refractivity contribution is 0.383. The molecular formula is C11H18. The first-order chi connectivity index (χ1) is 5.31. The van der Waals surface area contributed by atoms with E-state index in [0.717, 1.165) is 5.92 Å². The molecular weight excluding hydrogens is 132 g/mol. The third-order valence-electron chi connectivity index (χ3n) is 2.67. The molecule has 0 saturated heterocycles. The first-order valence-electron chi connectivity index (χ1n) is 4.67. The third kappa shape index (κ3) is 1.40. The number of fused-ring (bicyclic) bond motifs is 1. The van der Waals surface area contributed by atoms with Crippen molar-refractivity contribution in [2.75, 3.05) is 0 Å². The molecule has 62 valence electrons. The molecule has 2 aliphatic rings. The second-order valence-electron chi connectivity index (χ2n) is 3.34. The number of hydrogen-bond donors (Lipinski definition) is 0. The molecule has 0 aliphatic heterocycles. The summed E-state index contributed by atoms with van der Waals surface area (Å²) in [5, 5.41) is 0. The van der Waals surface area contributed by atoms with E-state index in [-0.39, 0.29) is 0 Å². The molecule has 0 aromatic heterocycles. The Morgan fingerprint density at radius 3 is 1.91 bits per heavy atom. The lowest BCUT2D eigenvalue weighted by atomic mass is 9.84. The molecule has 0 radical (unpaired) electrons. The van der Waals surface area contributed by atoms with E-state index in [2.05, 4.69) is 31.2 Å². The molecule has 0 saturated carbocycles. The van der Waals surface area contributed by atoms with Gasteiger partial charge in [-0.2, -0.15) is 0 Å². The van der Waals surface area contributed by atoms with Gasteiger partial charge in [-0.1, -0.05) is 45.1 Å². The van der Waals surface area contributed by atoms with E-state index in [9.17, 15) is 0 Å². The minimum Gasteiger partial charge on any atom is -0.0873 e. The van der Waals surface area contributed by atoms with Crippen LogP contribution in [0.1, 0.15) is 33.6 Å². The smallest absolute Gasteiger partial charge is 0.00667 e. The van der Waals surface area contributed by atoms with E-state index in [4.69, 9.17) is 0 Å². The molecule has 0 N–H and O–H groups in total. The summed E-state index contributed by atoms with van der Waals surface area (Å²) in [6.45, 7) is 6.32. The lowest BCUT2D eigenvalue weighted by Gasteiger charge is -2.20. The quantitative estimate of drug-likeness (QED) is 0.463. The first kappa shape index (κ1) is 8.58. The van der Waals surface area contributed by atoms with Crippen molar-refractivity contribution < 1.29 is 0 Å². The Balaban J connectivity index is 0.000000281. The van der Waals surface area contributed by atoms with Crippen LogP contribution in [-0.4, -0.2) is 0 Å². The average molecular weight is 150 g/mol. The summed E-state index contributed by atoms with van der Waals surface area (Å²) in [6.07, 6.45) is 11.9. The van der Waals surface area contributed by atoms with Crippen LogP contribution in [0, 0.1) is 11.3 Å². The third-order valence-corrected chi connectivity index (χ3v) is 2.67. The average Bonchev–Trinajstić information content (AvgIpc) is 2.49. The van der Waals surface area contributed by atoms with Crippen LogP contribution in [0.4, 0.5) is 0 Å². The SMILES string of the molecule is CC.CC12C=CCC1CC=C2. The highest BCUT2D eigenvalue weighted by Gasteiger charge is 2.34. The Kier molecular flexibility index (Phi) is 2.53. The van der Waals surface area contributed by atoms with Gasteiger partial charge in [0.05, 0.1) is 0 Å². The molecule has 2 aliphatic carbocycles. The highest BCUT2D eigenvalue weighted by Crippen LogP contribution is 2.45. The fraction of sp³-hybridized carbons (Fsp3) is 0.636. The fourth-order valence-corrected chi connectivity index (χ4v) is 1.90. The van der Waals surface area contributed by atoms with E-state index >= 15 is 0 Å². The van der Waals surface area contributed by atoms with Gasteiger partial charge < -0.3 is 0 Å². The first-order valence-corrected chi connectivity index (χ1v) is 4.67. The predicted octanol–water partition coefficient (Wildman–Crippen LogP) is 3.55. The molecule has 0 aromatic carbocycles. The number of allylic oxidation sites excluding steroid dienone is 4. The molecule has 0 amide bonds. The summed E-state index contributed by atoms with van der Waals surface area (Å²) in [5.74, 6) is 0.900. The van der Waals surface area contributed by atoms with Gasteiger partial charge in [-0.3, -0.25) is 0 Å². The molecule has 2 rings (SSSR count). The van der Waals surface area contributed by atoms with Crippen LogP contribution in [0.5, 0.6) is 0 Å². The van der Waals surface area contributed by atoms with Gasteiger partial charge in [-0.15, -0.1) is 0 Å². The maximum absolute atomic E-state index is 2.35. The molecule has 11 heavy (non-hydrogen) atoms. The van der Waals surface area contributed by atoms with Gasteiger partial charge in [-0.25, -0.2) is 0 Å². The molecule has 0 aromatic rings. The van der Waals surface area contributed by atoms with Crippen LogP contribution in [0.3, 0.4) is 0 Å². The lowest BCUT2D eigenvalue weighted by Crippen LogP contribution is -2.12. The molecule has 0 bridgehead atoms. The second kappa shape index (κ2) is 3.25. The maximum Gasteiger partial charge on any atom is 0.00667 e. The van der Waals surface area contributed by atoms with Gasteiger partial charge in [0, 0.05) is 5.41 Å².